The second kappa shape index (κ2) is 20.2. The summed E-state index contributed by atoms with van der Waals surface area (Å²) in [5.41, 5.74) is 10.4. The number of nitrogens with zero attached hydrogens (tertiary/aromatic N) is 3. The lowest BCUT2D eigenvalue weighted by molar-refractivity contribution is -0.428. The van der Waals surface area contributed by atoms with Crippen LogP contribution in [0, 0.1) is 5.53 Å². The van der Waals surface area contributed by atoms with Crippen molar-refractivity contribution >= 4 is 31.0 Å². The summed E-state index contributed by atoms with van der Waals surface area (Å²) < 4.78 is 9.38. The van der Waals surface area contributed by atoms with Crippen LogP contribution < -0.4 is 3.53 Å². The van der Waals surface area contributed by atoms with Crippen molar-refractivity contribution in [2.75, 3.05) is 39.3 Å². The number of esters is 1. The quantitative estimate of drug-likeness (QED) is 0.0358. The summed E-state index contributed by atoms with van der Waals surface area (Å²) >= 11 is -0.231. The predicted molar refractivity (Wildman–Crippen MR) is 176 cm³/mol. The van der Waals surface area contributed by atoms with E-state index >= 15 is 0 Å². The zero-order valence-corrected chi connectivity index (χ0v) is 26.7. The highest BCUT2D eigenvalue weighted by molar-refractivity contribution is 14.1. The van der Waals surface area contributed by atoms with Crippen molar-refractivity contribution in [3.63, 3.8) is 0 Å². The molecular weight excluding hydrogens is 629 g/mol. The number of allylic oxidation sites excluding steroid dienone is 4. The maximum absolute atomic E-state index is 11.4. The Kier molecular flexibility index (Phi) is 17.0. The summed E-state index contributed by atoms with van der Waals surface area (Å²) in [6, 6.07) is 7.75. The van der Waals surface area contributed by atoms with Gasteiger partial charge in [-0.3, -0.25) is 18.1 Å². The lowest BCUT2D eigenvalue weighted by Crippen LogP contribution is -2.72. The maximum Gasteiger partial charge on any atom is 0.305 e. The summed E-state index contributed by atoms with van der Waals surface area (Å²) in [6.07, 6.45) is 14.8. The first-order valence-electron chi connectivity index (χ1n) is 14.3. The van der Waals surface area contributed by atoms with Crippen LogP contribution in [0.5, 0.6) is 5.75 Å². The van der Waals surface area contributed by atoms with Crippen LogP contribution in [0.25, 0.3) is 0 Å². The second-order valence-electron chi connectivity index (χ2n) is 9.87. The number of aromatic hydroxyl groups is 1. The average molecular weight is 677 g/mol. The van der Waals surface area contributed by atoms with E-state index in [0.29, 0.717) is 31.2 Å². The first kappa shape index (κ1) is 34.5. The zero-order valence-electron chi connectivity index (χ0n) is 24.6. The zero-order chi connectivity index (χ0) is 29.9. The third kappa shape index (κ3) is 12.8. The molecule has 0 bridgehead atoms. The van der Waals surface area contributed by atoms with Crippen LogP contribution in [-0.4, -0.2) is 70.3 Å². The highest BCUT2D eigenvalue weighted by Gasteiger charge is 2.31. The molecule has 1 fully saturated rings. The van der Waals surface area contributed by atoms with Gasteiger partial charge >= 0.3 is 5.97 Å². The minimum absolute atomic E-state index is 0.0477. The molecule has 1 heterocycles. The Morgan fingerprint density at radius 1 is 1.32 bits per heavy atom. The lowest BCUT2D eigenvalue weighted by Gasteiger charge is -2.44. The van der Waals surface area contributed by atoms with Crippen LogP contribution in [-0.2, 0) is 9.53 Å². The molecule has 1 aromatic rings. The summed E-state index contributed by atoms with van der Waals surface area (Å²) in [6.45, 7) is 17.0. The van der Waals surface area contributed by atoms with Gasteiger partial charge in [0, 0.05) is 49.1 Å². The Bertz CT molecular complexity index is 1110. The fourth-order valence-electron chi connectivity index (χ4n) is 4.84. The molecule has 2 rings (SSSR count). The van der Waals surface area contributed by atoms with Gasteiger partial charge in [-0.05, 0) is 56.0 Å². The number of carbonyl (C=O) groups is 1. The third-order valence-corrected chi connectivity index (χ3v) is 8.65. The molecule has 1 aromatic carbocycles. The van der Waals surface area contributed by atoms with E-state index in [4.69, 9.17) is 10.3 Å². The van der Waals surface area contributed by atoms with Crippen molar-refractivity contribution in [3.8, 4) is 5.75 Å². The molecule has 0 saturated carbocycles. The molecule has 2 unspecified atom stereocenters. The van der Waals surface area contributed by atoms with Gasteiger partial charge in [0.05, 0.1) is 24.9 Å². The van der Waals surface area contributed by atoms with Gasteiger partial charge in [-0.1, -0.05) is 49.1 Å². The van der Waals surface area contributed by atoms with Crippen molar-refractivity contribution in [3.05, 3.63) is 90.7 Å². The minimum atomic E-state index is -0.231. The molecule has 224 valence electrons. The summed E-state index contributed by atoms with van der Waals surface area (Å²) in [5, 5.41) is 14.0. The van der Waals surface area contributed by atoms with E-state index in [1.165, 1.54) is 0 Å². The standard InChI is InChI=1S/C32H46IN5O3/c1-5-12-27(13-10-15-29(36-34)18-19-33-35-20-9-8-17-31(40)41-7-3)32(28-14-11-16-30(39)24-28)38-23-22-37(21-6-2)25-26(38)4/h5-6,10-14,16,18-19,24,26,32,34-35,39H,1-2,7-9,15,17,20-23,25H2,3-4H3/p+1. The van der Waals surface area contributed by atoms with Crippen LogP contribution in [0.2, 0.25) is 0 Å². The molecule has 9 heteroatoms. The number of unbranched alkanes of at least 4 members (excludes halogenated alkanes) is 1. The van der Waals surface area contributed by atoms with E-state index in [1.807, 2.05) is 37.3 Å². The summed E-state index contributed by atoms with van der Waals surface area (Å²) in [4.78, 5) is 16.3. The van der Waals surface area contributed by atoms with E-state index in [9.17, 15) is 9.90 Å². The van der Waals surface area contributed by atoms with Crippen molar-refractivity contribution in [1.29, 1.82) is 5.53 Å². The van der Waals surface area contributed by atoms with E-state index in [0.717, 1.165) is 56.7 Å². The van der Waals surface area contributed by atoms with E-state index in [2.05, 4.69) is 60.8 Å². The average Bonchev–Trinajstić information content (AvgIpc) is 2.95. The van der Waals surface area contributed by atoms with E-state index < -0.39 is 0 Å². The van der Waals surface area contributed by atoms with Crippen molar-refractivity contribution in [1.82, 2.24) is 9.80 Å². The molecule has 0 aliphatic carbocycles. The van der Waals surface area contributed by atoms with Gasteiger partial charge in [-0.15, -0.1) is 6.58 Å². The summed E-state index contributed by atoms with van der Waals surface area (Å²) in [7, 11) is 0. The first-order valence-corrected chi connectivity index (χ1v) is 16.8. The van der Waals surface area contributed by atoms with Gasteiger partial charge in [-0.25, -0.2) is 5.53 Å². The maximum atomic E-state index is 11.4. The second-order valence-corrected chi connectivity index (χ2v) is 12.2. The smallest absolute Gasteiger partial charge is 0.305 e. The van der Waals surface area contributed by atoms with Crippen LogP contribution >= 0.6 is 21.0 Å². The van der Waals surface area contributed by atoms with Crippen LogP contribution in [0.1, 0.15) is 51.1 Å². The number of benzene rings is 1. The number of phenols is 1. The molecule has 1 aliphatic heterocycles. The number of halogens is 1. The Balaban J connectivity index is 2.08. The predicted octanol–water partition coefficient (Wildman–Crippen LogP) is 5.58. The molecule has 4 N–H and O–H groups in total. The number of hydrogen-bond acceptors (Lipinski definition) is 7. The van der Waals surface area contributed by atoms with Gasteiger partial charge < -0.3 is 9.84 Å². The number of nitrogens with one attached hydrogen (secondary N) is 1. The largest absolute Gasteiger partial charge is 0.508 e. The molecule has 0 spiro atoms. The number of ether oxygens (including phenoxy) is 1. The number of phenolic OH excluding ortho intramolecular Hbond substituents is 1. The number of carbonyl (C=O) groups excluding carboxylic acids is 1. The normalized spacial score (nSPS) is 18.2. The number of nitrogens with two attached hydrogens (primary N) is 1. The third-order valence-electron chi connectivity index (χ3n) is 6.74. The highest BCUT2D eigenvalue weighted by Crippen LogP contribution is 2.34. The fraction of sp³-hybridized carbons (Fsp3) is 0.438. The molecule has 0 radical (unpaired) electrons. The molecule has 0 amide bonds. The van der Waals surface area contributed by atoms with E-state index in [-0.39, 0.29) is 38.8 Å². The van der Waals surface area contributed by atoms with Gasteiger partial charge in [0.25, 0.3) is 0 Å². The highest BCUT2D eigenvalue weighted by atomic mass is 127. The SMILES string of the molecule is C=CC=C(C=CCC(=CC=I[NH2+]CCCCC(=O)OCC)N=N)C(c1cccc(O)c1)N1CCN(CC=C)CC1C. The Hall–Kier alpha value is -2.73. The van der Waals surface area contributed by atoms with E-state index in [1.54, 1.807) is 12.1 Å². The molecule has 0 aromatic heterocycles. The van der Waals surface area contributed by atoms with Crippen LogP contribution in [0.15, 0.2) is 90.3 Å². The number of hydrogen-bond donors (Lipinski definition) is 3. The van der Waals surface area contributed by atoms with Crippen molar-refractivity contribution in [2.45, 2.75) is 51.6 Å². The van der Waals surface area contributed by atoms with Crippen molar-refractivity contribution < 1.29 is 18.2 Å². The molecular formula is C32H47IN5O3+. The van der Waals surface area contributed by atoms with Gasteiger partial charge in [0.1, 0.15) is 26.8 Å². The molecule has 1 aliphatic rings. The number of piperazine rings is 1. The van der Waals surface area contributed by atoms with Gasteiger partial charge in [0.15, 0.2) is 0 Å². The minimum Gasteiger partial charge on any atom is -0.508 e. The number of quaternary nitrogens is 1. The first-order chi connectivity index (χ1) is 19.9. The Labute approximate surface area is 256 Å². The monoisotopic (exact) mass is 676 g/mol. The Morgan fingerprint density at radius 3 is 2.83 bits per heavy atom. The van der Waals surface area contributed by atoms with Crippen LogP contribution in [0.3, 0.4) is 0 Å². The van der Waals surface area contributed by atoms with Gasteiger partial charge in [-0.2, -0.15) is 5.11 Å². The van der Waals surface area contributed by atoms with Crippen molar-refractivity contribution in [2.24, 2.45) is 5.11 Å². The number of rotatable bonds is 18. The molecule has 1 saturated heterocycles. The topological polar surface area (TPSA) is 106 Å². The molecule has 2 atom stereocenters. The van der Waals surface area contributed by atoms with Gasteiger partial charge in [0.2, 0.25) is 0 Å². The lowest BCUT2D eigenvalue weighted by atomic mass is 9.93. The fourth-order valence-corrected chi connectivity index (χ4v) is 6.55. The Morgan fingerprint density at radius 2 is 2.15 bits per heavy atom. The van der Waals surface area contributed by atoms with Crippen LogP contribution in [0.4, 0.5) is 0 Å². The summed E-state index contributed by atoms with van der Waals surface area (Å²) in [5.74, 6) is 0.131. The molecule has 41 heavy (non-hydrogen) atoms. The molecule has 8 nitrogen and oxygen atoms in total.